The SMILES string of the molecule is CCCC(=O)Nc1ccc(N2CCN(C(c3ccccc3)c3ncco3)CC2)c(C#N)c1. The van der Waals surface area contributed by atoms with Crippen molar-refractivity contribution in [3.63, 3.8) is 0 Å². The van der Waals surface area contributed by atoms with Crippen LogP contribution in [0.25, 0.3) is 0 Å². The summed E-state index contributed by atoms with van der Waals surface area (Å²) in [5.74, 6) is 0.658. The van der Waals surface area contributed by atoms with Gasteiger partial charge in [-0.2, -0.15) is 5.26 Å². The molecule has 4 rings (SSSR count). The molecule has 2 aromatic carbocycles. The Kier molecular flexibility index (Phi) is 6.83. The third kappa shape index (κ3) is 4.82. The summed E-state index contributed by atoms with van der Waals surface area (Å²) in [6.45, 7) is 5.14. The van der Waals surface area contributed by atoms with E-state index in [0.717, 1.165) is 43.9 Å². The Labute approximate surface area is 188 Å². The van der Waals surface area contributed by atoms with Crippen LogP contribution in [0, 0.1) is 11.3 Å². The number of nitrogens with zero attached hydrogens (tertiary/aromatic N) is 4. The first-order chi connectivity index (χ1) is 15.7. The molecule has 164 valence electrons. The number of rotatable bonds is 7. The molecular weight excluding hydrogens is 402 g/mol. The predicted molar refractivity (Wildman–Crippen MR) is 123 cm³/mol. The zero-order valence-electron chi connectivity index (χ0n) is 18.2. The Hall–Kier alpha value is -3.63. The molecule has 1 atom stereocenters. The number of carbonyl (C=O) groups is 1. The van der Waals surface area contributed by atoms with E-state index in [1.807, 2.05) is 37.3 Å². The second-order valence-corrected chi connectivity index (χ2v) is 7.85. The molecule has 7 heteroatoms. The van der Waals surface area contributed by atoms with Gasteiger partial charge in [-0.1, -0.05) is 37.3 Å². The lowest BCUT2D eigenvalue weighted by Crippen LogP contribution is -2.48. The van der Waals surface area contributed by atoms with Crippen LogP contribution in [0.4, 0.5) is 11.4 Å². The smallest absolute Gasteiger partial charge is 0.224 e. The standard InChI is InChI=1S/C25H27N5O2/c1-2-6-23(31)28-21-9-10-22(20(17-21)18-26)29-12-14-30(15-13-29)24(25-27-11-16-32-25)19-7-4-3-5-8-19/h3-5,7-11,16-17,24H,2,6,12-15H2,1H3,(H,28,31). The van der Waals surface area contributed by atoms with Gasteiger partial charge in [-0.05, 0) is 30.2 Å². The van der Waals surface area contributed by atoms with Gasteiger partial charge in [-0.15, -0.1) is 0 Å². The lowest BCUT2D eigenvalue weighted by atomic mass is 10.0. The molecule has 1 amide bonds. The fourth-order valence-electron chi connectivity index (χ4n) is 4.17. The largest absolute Gasteiger partial charge is 0.447 e. The minimum absolute atomic E-state index is 0.0313. The third-order valence-corrected chi connectivity index (χ3v) is 5.70. The average Bonchev–Trinajstić information content (AvgIpc) is 3.35. The second kappa shape index (κ2) is 10.1. The normalized spacial score (nSPS) is 15.2. The molecule has 0 radical (unpaired) electrons. The van der Waals surface area contributed by atoms with E-state index >= 15 is 0 Å². The van der Waals surface area contributed by atoms with Crippen LogP contribution in [0.3, 0.4) is 0 Å². The van der Waals surface area contributed by atoms with Crippen LogP contribution in [-0.4, -0.2) is 42.0 Å². The Bertz CT molecular complexity index is 1070. The lowest BCUT2D eigenvalue weighted by molar-refractivity contribution is -0.116. The summed E-state index contributed by atoms with van der Waals surface area (Å²) in [6.07, 6.45) is 4.55. The van der Waals surface area contributed by atoms with Crippen LogP contribution in [0.15, 0.2) is 65.4 Å². The average molecular weight is 430 g/mol. The Morgan fingerprint density at radius 3 is 2.62 bits per heavy atom. The summed E-state index contributed by atoms with van der Waals surface area (Å²) in [7, 11) is 0. The fourth-order valence-corrected chi connectivity index (χ4v) is 4.17. The van der Waals surface area contributed by atoms with Gasteiger partial charge in [0.05, 0.1) is 17.4 Å². The van der Waals surface area contributed by atoms with E-state index in [0.29, 0.717) is 23.6 Å². The zero-order chi connectivity index (χ0) is 22.3. The van der Waals surface area contributed by atoms with E-state index in [1.54, 1.807) is 18.5 Å². The van der Waals surface area contributed by atoms with E-state index in [2.05, 4.69) is 38.3 Å². The summed E-state index contributed by atoms with van der Waals surface area (Å²) in [5.41, 5.74) is 3.27. The van der Waals surface area contributed by atoms with E-state index in [4.69, 9.17) is 4.42 Å². The van der Waals surface area contributed by atoms with Crippen molar-refractivity contribution in [1.29, 1.82) is 5.26 Å². The van der Waals surface area contributed by atoms with Crippen molar-refractivity contribution >= 4 is 17.3 Å². The van der Waals surface area contributed by atoms with Gasteiger partial charge in [0, 0.05) is 38.3 Å². The number of aromatic nitrogens is 1. The van der Waals surface area contributed by atoms with E-state index in [1.165, 1.54) is 0 Å². The van der Waals surface area contributed by atoms with Gasteiger partial charge in [0.25, 0.3) is 0 Å². The summed E-state index contributed by atoms with van der Waals surface area (Å²) >= 11 is 0. The number of piperazine rings is 1. The van der Waals surface area contributed by atoms with Crippen molar-refractivity contribution in [3.05, 3.63) is 78.0 Å². The monoisotopic (exact) mass is 429 g/mol. The molecule has 1 saturated heterocycles. The number of benzene rings is 2. The molecule has 1 aliphatic heterocycles. The Morgan fingerprint density at radius 1 is 1.19 bits per heavy atom. The number of amides is 1. The van der Waals surface area contributed by atoms with Crippen molar-refractivity contribution in [2.75, 3.05) is 36.4 Å². The van der Waals surface area contributed by atoms with Gasteiger partial charge in [-0.25, -0.2) is 4.98 Å². The number of carbonyl (C=O) groups excluding carboxylic acids is 1. The first kappa shape index (κ1) is 21.6. The number of nitrogens with one attached hydrogen (secondary N) is 1. The quantitative estimate of drug-likeness (QED) is 0.606. The third-order valence-electron chi connectivity index (χ3n) is 5.70. The minimum Gasteiger partial charge on any atom is -0.447 e. The molecule has 1 aliphatic rings. The molecule has 0 spiro atoms. The number of hydrogen-bond donors (Lipinski definition) is 1. The lowest BCUT2D eigenvalue weighted by Gasteiger charge is -2.39. The van der Waals surface area contributed by atoms with Gasteiger partial charge < -0.3 is 14.6 Å². The summed E-state index contributed by atoms with van der Waals surface area (Å²) in [4.78, 5) is 20.9. The van der Waals surface area contributed by atoms with Gasteiger partial charge >= 0.3 is 0 Å². The van der Waals surface area contributed by atoms with Crippen molar-refractivity contribution in [3.8, 4) is 6.07 Å². The first-order valence-corrected chi connectivity index (χ1v) is 11.0. The van der Waals surface area contributed by atoms with Gasteiger partial charge in [-0.3, -0.25) is 9.69 Å². The number of anilines is 2. The predicted octanol–water partition coefficient (Wildman–Crippen LogP) is 4.20. The van der Waals surface area contributed by atoms with Crippen LogP contribution >= 0.6 is 0 Å². The van der Waals surface area contributed by atoms with Crippen LogP contribution in [0.5, 0.6) is 0 Å². The maximum Gasteiger partial charge on any atom is 0.224 e. The van der Waals surface area contributed by atoms with Crippen LogP contribution in [-0.2, 0) is 4.79 Å². The van der Waals surface area contributed by atoms with E-state index in [-0.39, 0.29) is 11.9 Å². The Morgan fingerprint density at radius 2 is 1.97 bits per heavy atom. The molecule has 7 nitrogen and oxygen atoms in total. The van der Waals surface area contributed by atoms with Crippen molar-refractivity contribution in [2.45, 2.75) is 25.8 Å². The van der Waals surface area contributed by atoms with Gasteiger partial charge in [0.15, 0.2) is 0 Å². The first-order valence-electron chi connectivity index (χ1n) is 11.0. The summed E-state index contributed by atoms with van der Waals surface area (Å²) in [5, 5.41) is 12.6. The second-order valence-electron chi connectivity index (χ2n) is 7.85. The fraction of sp³-hybridized carbons (Fsp3) is 0.320. The number of nitriles is 1. The Balaban J connectivity index is 1.48. The highest BCUT2D eigenvalue weighted by Gasteiger charge is 2.29. The maximum atomic E-state index is 11.9. The van der Waals surface area contributed by atoms with Crippen LogP contribution in [0.1, 0.15) is 42.8 Å². The van der Waals surface area contributed by atoms with Crippen molar-refractivity contribution in [1.82, 2.24) is 9.88 Å². The molecule has 2 heterocycles. The van der Waals surface area contributed by atoms with E-state index in [9.17, 15) is 10.1 Å². The van der Waals surface area contributed by atoms with Gasteiger partial charge in [0.1, 0.15) is 18.4 Å². The van der Waals surface area contributed by atoms with Crippen molar-refractivity contribution in [2.24, 2.45) is 0 Å². The minimum atomic E-state index is -0.0417. The summed E-state index contributed by atoms with van der Waals surface area (Å²) in [6, 6.07) is 18.1. The number of hydrogen-bond acceptors (Lipinski definition) is 6. The molecule has 1 aromatic heterocycles. The maximum absolute atomic E-state index is 11.9. The topological polar surface area (TPSA) is 85.4 Å². The highest BCUT2D eigenvalue weighted by molar-refractivity contribution is 5.91. The summed E-state index contributed by atoms with van der Waals surface area (Å²) < 4.78 is 5.67. The van der Waals surface area contributed by atoms with Gasteiger partial charge in [0.2, 0.25) is 11.8 Å². The molecule has 32 heavy (non-hydrogen) atoms. The highest BCUT2D eigenvalue weighted by atomic mass is 16.3. The molecule has 0 bridgehead atoms. The molecule has 3 aromatic rings. The molecule has 0 aliphatic carbocycles. The molecule has 0 saturated carbocycles. The van der Waals surface area contributed by atoms with Crippen LogP contribution < -0.4 is 10.2 Å². The molecular formula is C25H27N5O2. The molecule has 1 fully saturated rings. The van der Waals surface area contributed by atoms with E-state index < -0.39 is 0 Å². The molecule has 1 unspecified atom stereocenters. The highest BCUT2D eigenvalue weighted by Crippen LogP contribution is 2.31. The van der Waals surface area contributed by atoms with Crippen LogP contribution in [0.2, 0.25) is 0 Å². The molecule has 1 N–H and O–H groups in total. The zero-order valence-corrected chi connectivity index (χ0v) is 18.2. The van der Waals surface area contributed by atoms with Crippen molar-refractivity contribution < 1.29 is 9.21 Å². The number of oxazole rings is 1.